The number of anilines is 1. The minimum atomic E-state index is -0.481. The van der Waals surface area contributed by atoms with E-state index in [2.05, 4.69) is 26.1 Å². The molecular formula is C25H19BrClN3O3. The molecule has 0 spiro atoms. The number of aromatic hydroxyl groups is 1. The van der Waals surface area contributed by atoms with E-state index >= 15 is 0 Å². The lowest BCUT2D eigenvalue weighted by atomic mass is 9.95. The summed E-state index contributed by atoms with van der Waals surface area (Å²) in [6.45, 7) is 2.26. The number of nitrogens with one attached hydrogen (secondary N) is 1. The third-order valence-corrected chi connectivity index (χ3v) is 6.37. The van der Waals surface area contributed by atoms with Gasteiger partial charge in [-0.2, -0.15) is 5.10 Å². The van der Waals surface area contributed by atoms with E-state index in [-0.39, 0.29) is 11.7 Å². The van der Waals surface area contributed by atoms with E-state index < -0.39 is 6.04 Å². The van der Waals surface area contributed by atoms with Crippen LogP contribution < -0.4 is 9.64 Å². The normalized spacial score (nSPS) is 15.1. The lowest BCUT2D eigenvalue weighted by Gasteiger charge is -2.27. The number of H-pyrrole nitrogens is 1. The summed E-state index contributed by atoms with van der Waals surface area (Å²) in [5, 5.41) is 18.3. The highest BCUT2D eigenvalue weighted by Crippen LogP contribution is 2.46. The third kappa shape index (κ3) is 3.77. The van der Waals surface area contributed by atoms with Gasteiger partial charge >= 0.3 is 0 Å². The lowest BCUT2D eigenvalue weighted by Crippen LogP contribution is -2.29. The number of fused-ring (bicyclic) bond motifs is 1. The number of aromatic nitrogens is 2. The van der Waals surface area contributed by atoms with E-state index in [1.807, 2.05) is 43.3 Å². The molecule has 1 aromatic heterocycles. The average Bonchev–Trinajstić information content (AvgIpc) is 3.36. The molecule has 1 amide bonds. The number of nitrogens with zero attached hydrogens (tertiary/aromatic N) is 2. The number of phenols is 1. The number of aromatic amines is 1. The number of hydrogen-bond donors (Lipinski definition) is 2. The Kier molecular flexibility index (Phi) is 5.60. The van der Waals surface area contributed by atoms with Gasteiger partial charge in [0, 0.05) is 26.3 Å². The zero-order valence-corrected chi connectivity index (χ0v) is 19.9. The molecule has 1 aliphatic rings. The highest BCUT2D eigenvalue weighted by Gasteiger charge is 2.43. The Hall–Kier alpha value is -3.29. The molecule has 0 aliphatic carbocycles. The standard InChI is InChI=1S/C25H19BrClN3O3/c1-2-33-20-13-15(5-12-19(20)31)24-21-22(14-3-6-16(26)7-4-14)28-29-23(21)25(32)30(24)18-10-8-17(27)9-11-18/h3-13,24,31H,2H2,1H3,(H,28,29)/t24-/m1/s1. The van der Waals surface area contributed by atoms with E-state index in [1.165, 1.54) is 0 Å². The molecule has 0 bridgehead atoms. The molecule has 0 saturated carbocycles. The fraction of sp³-hybridized carbons (Fsp3) is 0.120. The first kappa shape index (κ1) is 21.6. The Morgan fingerprint density at radius 1 is 1.12 bits per heavy atom. The largest absolute Gasteiger partial charge is 0.504 e. The topological polar surface area (TPSA) is 78.5 Å². The Balaban J connectivity index is 1.72. The maximum absolute atomic E-state index is 13.6. The number of amides is 1. The molecule has 2 heterocycles. The smallest absolute Gasteiger partial charge is 0.277 e. The van der Waals surface area contributed by atoms with Crippen molar-refractivity contribution in [2.24, 2.45) is 0 Å². The molecule has 2 N–H and O–H groups in total. The maximum atomic E-state index is 13.6. The van der Waals surface area contributed by atoms with Crippen molar-refractivity contribution in [2.75, 3.05) is 11.5 Å². The van der Waals surface area contributed by atoms with Crippen molar-refractivity contribution in [3.8, 4) is 22.8 Å². The molecule has 3 aromatic carbocycles. The summed E-state index contributed by atoms with van der Waals surface area (Å²) >= 11 is 9.57. The van der Waals surface area contributed by atoms with E-state index in [9.17, 15) is 9.90 Å². The molecule has 33 heavy (non-hydrogen) atoms. The van der Waals surface area contributed by atoms with Crippen molar-refractivity contribution >= 4 is 39.1 Å². The van der Waals surface area contributed by atoms with Crippen LogP contribution in [-0.4, -0.2) is 27.8 Å². The van der Waals surface area contributed by atoms with Crippen LogP contribution in [0.15, 0.2) is 71.2 Å². The van der Waals surface area contributed by atoms with Gasteiger partial charge in [0.1, 0.15) is 5.69 Å². The zero-order chi connectivity index (χ0) is 23.1. The summed E-state index contributed by atoms with van der Waals surface area (Å²) < 4.78 is 6.57. The molecule has 5 rings (SSSR count). The predicted octanol–water partition coefficient (Wildman–Crippen LogP) is 6.35. The number of halogens is 2. The molecule has 1 atom stereocenters. The van der Waals surface area contributed by atoms with Gasteiger partial charge in [-0.15, -0.1) is 0 Å². The molecule has 1 aliphatic heterocycles. The number of benzene rings is 3. The van der Waals surface area contributed by atoms with E-state index in [0.717, 1.165) is 21.2 Å². The number of ether oxygens (including phenoxy) is 1. The van der Waals surface area contributed by atoms with Gasteiger partial charge in [0.15, 0.2) is 11.5 Å². The van der Waals surface area contributed by atoms with Crippen molar-refractivity contribution in [3.63, 3.8) is 0 Å². The van der Waals surface area contributed by atoms with Gasteiger partial charge in [-0.3, -0.25) is 14.8 Å². The summed E-state index contributed by atoms with van der Waals surface area (Å²) in [6, 6.07) is 19.6. The Labute approximate surface area is 203 Å². The Morgan fingerprint density at radius 2 is 1.85 bits per heavy atom. The molecule has 166 valence electrons. The number of phenolic OH excluding ortho intramolecular Hbond substituents is 1. The Bertz CT molecular complexity index is 1340. The van der Waals surface area contributed by atoms with Gasteiger partial charge < -0.3 is 9.84 Å². The second kappa shape index (κ2) is 8.57. The van der Waals surface area contributed by atoms with Crippen molar-refractivity contribution < 1.29 is 14.6 Å². The first-order valence-electron chi connectivity index (χ1n) is 10.4. The molecule has 0 fully saturated rings. The van der Waals surface area contributed by atoms with E-state index in [4.69, 9.17) is 16.3 Å². The number of hydrogen-bond acceptors (Lipinski definition) is 4. The molecule has 0 radical (unpaired) electrons. The monoisotopic (exact) mass is 523 g/mol. The average molecular weight is 525 g/mol. The van der Waals surface area contributed by atoms with Crippen molar-refractivity contribution in [1.82, 2.24) is 10.2 Å². The van der Waals surface area contributed by atoms with Crippen LogP contribution in [0.25, 0.3) is 11.3 Å². The lowest BCUT2D eigenvalue weighted by molar-refractivity contribution is 0.0988. The molecule has 0 unspecified atom stereocenters. The van der Waals surface area contributed by atoms with Gasteiger partial charge in [-0.25, -0.2) is 0 Å². The number of carbonyl (C=O) groups is 1. The van der Waals surface area contributed by atoms with Gasteiger partial charge in [0.2, 0.25) is 0 Å². The molecule has 0 saturated heterocycles. The fourth-order valence-electron chi connectivity index (χ4n) is 4.13. The maximum Gasteiger partial charge on any atom is 0.277 e. The minimum absolute atomic E-state index is 0.0449. The highest BCUT2D eigenvalue weighted by atomic mass is 79.9. The SMILES string of the molecule is CCOc1cc([C@@H]2c3c(-c4ccc(Br)cc4)n[nH]c3C(=O)N2c2ccc(Cl)cc2)ccc1O. The van der Waals surface area contributed by atoms with E-state index in [1.54, 1.807) is 35.2 Å². The highest BCUT2D eigenvalue weighted by molar-refractivity contribution is 9.10. The Morgan fingerprint density at radius 3 is 2.55 bits per heavy atom. The van der Waals surface area contributed by atoms with E-state index in [0.29, 0.717) is 34.5 Å². The van der Waals surface area contributed by atoms with Crippen molar-refractivity contribution in [3.05, 3.63) is 93.0 Å². The summed E-state index contributed by atoms with van der Waals surface area (Å²) in [5.41, 5.74) is 4.27. The van der Waals surface area contributed by atoms with Crippen LogP contribution in [0.4, 0.5) is 5.69 Å². The molecular weight excluding hydrogens is 506 g/mol. The quantitative estimate of drug-likeness (QED) is 0.319. The first-order chi connectivity index (χ1) is 16.0. The summed E-state index contributed by atoms with van der Waals surface area (Å²) in [4.78, 5) is 15.3. The molecule has 6 nitrogen and oxygen atoms in total. The van der Waals surface area contributed by atoms with Crippen LogP contribution in [0.2, 0.25) is 5.02 Å². The van der Waals surface area contributed by atoms with Crippen LogP contribution in [0.1, 0.15) is 34.6 Å². The van der Waals surface area contributed by atoms with Crippen molar-refractivity contribution in [1.29, 1.82) is 0 Å². The van der Waals surface area contributed by atoms with Crippen LogP contribution in [0.3, 0.4) is 0 Å². The molecule has 8 heteroatoms. The number of rotatable bonds is 5. The van der Waals surface area contributed by atoms with Gasteiger partial charge in [-0.05, 0) is 61.0 Å². The molecule has 4 aromatic rings. The summed E-state index contributed by atoms with van der Waals surface area (Å²) in [5.74, 6) is 0.211. The summed E-state index contributed by atoms with van der Waals surface area (Å²) in [6.07, 6.45) is 0. The second-order valence-electron chi connectivity index (χ2n) is 7.58. The minimum Gasteiger partial charge on any atom is -0.504 e. The predicted molar refractivity (Wildman–Crippen MR) is 131 cm³/mol. The fourth-order valence-corrected chi connectivity index (χ4v) is 4.52. The number of carbonyl (C=O) groups excluding carboxylic acids is 1. The van der Waals surface area contributed by atoms with Gasteiger partial charge in [0.05, 0.1) is 18.3 Å². The van der Waals surface area contributed by atoms with Gasteiger partial charge in [0.25, 0.3) is 5.91 Å². The van der Waals surface area contributed by atoms with Crippen LogP contribution >= 0.6 is 27.5 Å². The third-order valence-electron chi connectivity index (χ3n) is 5.59. The zero-order valence-electron chi connectivity index (χ0n) is 17.5. The van der Waals surface area contributed by atoms with Gasteiger partial charge in [-0.1, -0.05) is 45.7 Å². The van der Waals surface area contributed by atoms with Crippen LogP contribution in [-0.2, 0) is 0 Å². The van der Waals surface area contributed by atoms with Crippen molar-refractivity contribution in [2.45, 2.75) is 13.0 Å². The summed E-state index contributed by atoms with van der Waals surface area (Å²) in [7, 11) is 0. The van der Waals surface area contributed by atoms with Crippen LogP contribution in [0, 0.1) is 0 Å². The van der Waals surface area contributed by atoms with Crippen LogP contribution in [0.5, 0.6) is 11.5 Å². The first-order valence-corrected chi connectivity index (χ1v) is 11.5. The second-order valence-corrected chi connectivity index (χ2v) is 8.93.